The smallest absolute Gasteiger partial charge is 0.315 e. The van der Waals surface area contributed by atoms with E-state index in [4.69, 9.17) is 0 Å². The third-order valence-corrected chi connectivity index (χ3v) is 2.99. The highest BCUT2D eigenvalue weighted by Crippen LogP contribution is 2.17. The van der Waals surface area contributed by atoms with E-state index in [1.807, 2.05) is 30.3 Å². The summed E-state index contributed by atoms with van der Waals surface area (Å²) in [5, 5.41) is 5.87. The van der Waals surface area contributed by atoms with Gasteiger partial charge in [0.15, 0.2) is 0 Å². The fourth-order valence-corrected chi connectivity index (χ4v) is 2.08. The Morgan fingerprint density at radius 2 is 1.88 bits per heavy atom. The number of hydrogen-bond acceptors (Lipinski definition) is 1. The lowest BCUT2D eigenvalue weighted by molar-refractivity contribution is 0.236. The summed E-state index contributed by atoms with van der Waals surface area (Å²) in [7, 11) is 0. The zero-order valence-corrected chi connectivity index (χ0v) is 9.41. The molecule has 86 valence electrons. The van der Waals surface area contributed by atoms with Crippen molar-refractivity contribution < 1.29 is 4.79 Å². The van der Waals surface area contributed by atoms with Crippen LogP contribution in [0.4, 0.5) is 4.79 Å². The van der Waals surface area contributed by atoms with Gasteiger partial charge in [-0.3, -0.25) is 0 Å². The van der Waals surface area contributed by atoms with Crippen LogP contribution in [0.25, 0.3) is 0 Å². The molecule has 3 nitrogen and oxygen atoms in total. The second-order valence-electron chi connectivity index (χ2n) is 4.29. The van der Waals surface area contributed by atoms with Crippen molar-refractivity contribution in [2.24, 2.45) is 0 Å². The van der Waals surface area contributed by atoms with E-state index in [2.05, 4.69) is 10.6 Å². The van der Waals surface area contributed by atoms with Gasteiger partial charge in [-0.1, -0.05) is 43.2 Å². The molecule has 1 aromatic rings. The average Bonchev–Trinajstić information content (AvgIpc) is 2.81. The number of carbonyl (C=O) groups excluding carboxylic acids is 1. The normalized spacial score (nSPS) is 16.0. The zero-order chi connectivity index (χ0) is 11.2. The Bertz CT molecular complexity index is 331. The molecule has 1 aliphatic rings. The largest absolute Gasteiger partial charge is 0.335 e. The maximum absolute atomic E-state index is 11.6. The molecular formula is C13H18N2O. The fourth-order valence-electron chi connectivity index (χ4n) is 2.08. The predicted octanol–water partition coefficient (Wildman–Crippen LogP) is 2.43. The molecule has 1 aromatic carbocycles. The lowest BCUT2D eigenvalue weighted by atomic mass is 10.2. The molecule has 0 bridgehead atoms. The highest BCUT2D eigenvalue weighted by molar-refractivity contribution is 5.74. The summed E-state index contributed by atoms with van der Waals surface area (Å²) in [5.74, 6) is 0. The molecule has 0 saturated heterocycles. The molecule has 1 fully saturated rings. The van der Waals surface area contributed by atoms with Gasteiger partial charge < -0.3 is 10.6 Å². The van der Waals surface area contributed by atoms with Crippen molar-refractivity contribution in [3.8, 4) is 0 Å². The van der Waals surface area contributed by atoms with Gasteiger partial charge in [-0.05, 0) is 18.4 Å². The Kier molecular flexibility index (Phi) is 3.81. The molecule has 0 heterocycles. The second kappa shape index (κ2) is 5.54. The van der Waals surface area contributed by atoms with E-state index in [1.165, 1.54) is 12.8 Å². The first-order valence-corrected chi connectivity index (χ1v) is 5.93. The summed E-state index contributed by atoms with van der Waals surface area (Å²) in [6.07, 6.45) is 4.73. The van der Waals surface area contributed by atoms with E-state index in [1.54, 1.807) is 0 Å². The Morgan fingerprint density at radius 3 is 2.56 bits per heavy atom. The molecule has 0 unspecified atom stereocenters. The van der Waals surface area contributed by atoms with Gasteiger partial charge in [0.1, 0.15) is 0 Å². The first-order chi connectivity index (χ1) is 7.84. The molecule has 0 aromatic heterocycles. The number of urea groups is 1. The van der Waals surface area contributed by atoms with Crippen LogP contribution < -0.4 is 10.6 Å². The van der Waals surface area contributed by atoms with Crippen LogP contribution in [0.1, 0.15) is 31.2 Å². The van der Waals surface area contributed by atoms with Crippen LogP contribution >= 0.6 is 0 Å². The molecule has 0 aliphatic heterocycles. The van der Waals surface area contributed by atoms with Gasteiger partial charge in [-0.15, -0.1) is 0 Å². The Hall–Kier alpha value is -1.51. The average molecular weight is 218 g/mol. The second-order valence-corrected chi connectivity index (χ2v) is 4.29. The molecule has 2 rings (SSSR count). The van der Waals surface area contributed by atoms with Crippen molar-refractivity contribution in [2.75, 3.05) is 0 Å². The molecule has 1 saturated carbocycles. The summed E-state index contributed by atoms with van der Waals surface area (Å²) in [6.45, 7) is 0.597. The molecule has 0 spiro atoms. The van der Waals surface area contributed by atoms with Crippen molar-refractivity contribution in [3.05, 3.63) is 35.9 Å². The van der Waals surface area contributed by atoms with Crippen molar-refractivity contribution in [2.45, 2.75) is 38.3 Å². The van der Waals surface area contributed by atoms with E-state index >= 15 is 0 Å². The van der Waals surface area contributed by atoms with Crippen LogP contribution in [0.2, 0.25) is 0 Å². The molecule has 2 amide bonds. The number of carbonyl (C=O) groups is 1. The Morgan fingerprint density at radius 1 is 1.19 bits per heavy atom. The van der Waals surface area contributed by atoms with Gasteiger partial charge in [-0.2, -0.15) is 0 Å². The van der Waals surface area contributed by atoms with E-state index in [0.717, 1.165) is 18.4 Å². The third-order valence-electron chi connectivity index (χ3n) is 2.99. The molecular weight excluding hydrogens is 200 g/mol. The summed E-state index contributed by atoms with van der Waals surface area (Å²) < 4.78 is 0. The fraction of sp³-hybridized carbons (Fsp3) is 0.462. The van der Waals surface area contributed by atoms with Crippen molar-refractivity contribution in [1.82, 2.24) is 10.6 Å². The van der Waals surface area contributed by atoms with Crippen molar-refractivity contribution in [3.63, 3.8) is 0 Å². The maximum Gasteiger partial charge on any atom is 0.315 e. The highest BCUT2D eigenvalue weighted by atomic mass is 16.2. The molecule has 1 aliphatic carbocycles. The number of benzene rings is 1. The lowest BCUT2D eigenvalue weighted by Gasteiger charge is -2.12. The zero-order valence-electron chi connectivity index (χ0n) is 9.41. The van der Waals surface area contributed by atoms with Crippen LogP contribution in [0.15, 0.2) is 30.3 Å². The van der Waals surface area contributed by atoms with Crippen LogP contribution in [0.3, 0.4) is 0 Å². The maximum atomic E-state index is 11.6. The minimum atomic E-state index is -0.0456. The predicted molar refractivity (Wildman–Crippen MR) is 64.1 cm³/mol. The van der Waals surface area contributed by atoms with Crippen LogP contribution in [-0.2, 0) is 6.54 Å². The monoisotopic (exact) mass is 218 g/mol. The Balaban J connectivity index is 1.71. The Labute approximate surface area is 96.2 Å². The van der Waals surface area contributed by atoms with E-state index in [0.29, 0.717) is 12.6 Å². The van der Waals surface area contributed by atoms with Crippen LogP contribution in [0.5, 0.6) is 0 Å². The highest BCUT2D eigenvalue weighted by Gasteiger charge is 2.16. The van der Waals surface area contributed by atoms with Crippen LogP contribution in [-0.4, -0.2) is 12.1 Å². The van der Waals surface area contributed by atoms with Crippen molar-refractivity contribution in [1.29, 1.82) is 0 Å². The topological polar surface area (TPSA) is 41.1 Å². The number of hydrogen-bond donors (Lipinski definition) is 2. The summed E-state index contributed by atoms with van der Waals surface area (Å²) in [4.78, 5) is 11.6. The SMILES string of the molecule is O=C(NCc1ccccc1)NC1CCCC1. The summed E-state index contributed by atoms with van der Waals surface area (Å²) in [5.41, 5.74) is 1.13. The summed E-state index contributed by atoms with van der Waals surface area (Å²) >= 11 is 0. The molecule has 3 heteroatoms. The standard InChI is InChI=1S/C13H18N2O/c16-13(15-12-8-4-5-9-12)14-10-11-6-2-1-3-7-11/h1-3,6-7,12H,4-5,8-10H2,(H2,14,15,16). The molecule has 0 atom stereocenters. The van der Waals surface area contributed by atoms with Gasteiger partial charge >= 0.3 is 6.03 Å². The number of amides is 2. The molecule has 0 radical (unpaired) electrons. The minimum absolute atomic E-state index is 0.0456. The summed E-state index contributed by atoms with van der Waals surface area (Å²) in [6, 6.07) is 10.3. The number of rotatable bonds is 3. The van der Waals surface area contributed by atoms with Crippen molar-refractivity contribution >= 4 is 6.03 Å². The van der Waals surface area contributed by atoms with E-state index in [9.17, 15) is 4.79 Å². The van der Waals surface area contributed by atoms with Gasteiger partial charge in [0.2, 0.25) is 0 Å². The van der Waals surface area contributed by atoms with Gasteiger partial charge in [0.25, 0.3) is 0 Å². The van der Waals surface area contributed by atoms with E-state index < -0.39 is 0 Å². The quantitative estimate of drug-likeness (QED) is 0.803. The minimum Gasteiger partial charge on any atom is -0.335 e. The molecule has 16 heavy (non-hydrogen) atoms. The van der Waals surface area contributed by atoms with Gasteiger partial charge in [0, 0.05) is 12.6 Å². The first-order valence-electron chi connectivity index (χ1n) is 5.93. The van der Waals surface area contributed by atoms with Crippen LogP contribution in [0, 0.1) is 0 Å². The van der Waals surface area contributed by atoms with Gasteiger partial charge in [-0.25, -0.2) is 4.79 Å². The third kappa shape index (κ3) is 3.26. The lowest BCUT2D eigenvalue weighted by Crippen LogP contribution is -2.40. The first kappa shape index (κ1) is 11.0. The van der Waals surface area contributed by atoms with Gasteiger partial charge in [0.05, 0.1) is 0 Å². The number of nitrogens with one attached hydrogen (secondary N) is 2. The van der Waals surface area contributed by atoms with E-state index in [-0.39, 0.29) is 6.03 Å². The molecule has 2 N–H and O–H groups in total.